The van der Waals surface area contributed by atoms with E-state index in [1.807, 2.05) is 25.3 Å². The number of nitrogens with two attached hydrogens (primary N) is 1. The third-order valence-corrected chi connectivity index (χ3v) is 9.77. The number of thiazole rings is 1. The predicted octanol–water partition coefficient (Wildman–Crippen LogP) is 5.59. The van der Waals surface area contributed by atoms with E-state index in [2.05, 4.69) is 10.4 Å². The first-order valence-corrected chi connectivity index (χ1v) is 16.8. The lowest BCUT2D eigenvalue weighted by Gasteiger charge is -2.34. The average molecular weight is 685 g/mol. The van der Waals surface area contributed by atoms with Crippen LogP contribution in [0.4, 0.5) is 13.2 Å². The van der Waals surface area contributed by atoms with Gasteiger partial charge in [-0.15, -0.1) is 11.3 Å². The van der Waals surface area contributed by atoms with Gasteiger partial charge in [-0.25, -0.2) is 10.4 Å². The van der Waals surface area contributed by atoms with Gasteiger partial charge in [0.2, 0.25) is 0 Å². The number of amides is 1. The Labute approximate surface area is 280 Å². The highest BCUT2D eigenvalue weighted by Gasteiger charge is 2.36. The number of hydrazine groups is 1. The Morgan fingerprint density at radius 2 is 2.04 bits per heavy atom. The van der Waals surface area contributed by atoms with Crippen molar-refractivity contribution in [1.29, 1.82) is 0 Å². The number of cyclic esters (lactones) is 1. The third kappa shape index (κ3) is 6.98. The van der Waals surface area contributed by atoms with Gasteiger partial charge in [0.05, 0.1) is 40.8 Å². The Morgan fingerprint density at radius 1 is 1.25 bits per heavy atom. The van der Waals surface area contributed by atoms with Crippen molar-refractivity contribution in [2.45, 2.75) is 77.4 Å². The van der Waals surface area contributed by atoms with Crippen LogP contribution in [0.25, 0.3) is 33.4 Å². The van der Waals surface area contributed by atoms with Gasteiger partial charge in [0.1, 0.15) is 12.6 Å². The Balaban J connectivity index is 1.57. The molecule has 48 heavy (non-hydrogen) atoms. The van der Waals surface area contributed by atoms with Crippen molar-refractivity contribution >= 4 is 34.1 Å². The number of rotatable bonds is 4. The minimum absolute atomic E-state index is 0.00757. The van der Waals surface area contributed by atoms with E-state index in [1.54, 1.807) is 37.4 Å². The van der Waals surface area contributed by atoms with Crippen molar-refractivity contribution in [3.63, 3.8) is 0 Å². The maximum absolute atomic E-state index is 14.3. The summed E-state index contributed by atoms with van der Waals surface area (Å²) in [7, 11) is 1.53. The third-order valence-electron chi connectivity index (χ3n) is 8.89. The Morgan fingerprint density at radius 3 is 2.79 bits per heavy atom. The summed E-state index contributed by atoms with van der Waals surface area (Å²) in [5, 5.41) is 4.52. The van der Waals surface area contributed by atoms with Crippen LogP contribution in [0.5, 0.6) is 0 Å². The molecule has 4 aromatic rings. The van der Waals surface area contributed by atoms with E-state index in [9.17, 15) is 22.8 Å². The minimum Gasteiger partial charge on any atom is -0.464 e. The molecule has 10 nitrogen and oxygen atoms in total. The van der Waals surface area contributed by atoms with Crippen LogP contribution in [-0.2, 0) is 38.4 Å². The molecule has 0 aliphatic carbocycles. The molecule has 0 radical (unpaired) electrons. The van der Waals surface area contributed by atoms with Gasteiger partial charge in [-0.05, 0) is 56.0 Å². The fourth-order valence-electron chi connectivity index (χ4n) is 6.49. The van der Waals surface area contributed by atoms with Gasteiger partial charge < -0.3 is 19.8 Å². The fourth-order valence-corrected chi connectivity index (χ4v) is 7.36. The van der Waals surface area contributed by atoms with Gasteiger partial charge in [-0.1, -0.05) is 19.9 Å². The van der Waals surface area contributed by atoms with Crippen LogP contribution in [0.15, 0.2) is 41.9 Å². The molecule has 1 fully saturated rings. The summed E-state index contributed by atoms with van der Waals surface area (Å²) in [6, 6.07) is 7.17. The molecular weight excluding hydrogens is 645 g/mol. The van der Waals surface area contributed by atoms with Crippen molar-refractivity contribution in [2.24, 2.45) is 11.1 Å². The molecule has 5 heterocycles. The molecule has 6 bridgehead atoms. The Kier molecular flexibility index (Phi) is 9.37. The quantitative estimate of drug-likeness (QED) is 0.267. The first-order chi connectivity index (χ1) is 22.7. The number of hydrogen-bond acceptors (Lipinski definition) is 9. The van der Waals surface area contributed by atoms with Crippen LogP contribution < -0.4 is 11.2 Å². The van der Waals surface area contributed by atoms with Gasteiger partial charge in [-0.2, -0.15) is 13.2 Å². The number of alkyl halides is 3. The van der Waals surface area contributed by atoms with Gasteiger partial charge in [-0.3, -0.25) is 19.6 Å². The number of ether oxygens (including phenoxy) is 2. The summed E-state index contributed by atoms with van der Waals surface area (Å²) in [4.78, 5) is 35.8. The highest BCUT2D eigenvalue weighted by atomic mass is 32.1. The van der Waals surface area contributed by atoms with E-state index in [-0.39, 0.29) is 25.4 Å². The molecule has 0 unspecified atom stereocenters. The first kappa shape index (κ1) is 34.0. The average Bonchev–Trinajstić information content (AvgIpc) is 3.63. The molecule has 1 saturated heterocycles. The predicted molar refractivity (Wildman–Crippen MR) is 176 cm³/mol. The second kappa shape index (κ2) is 13.2. The smallest absolute Gasteiger partial charge is 0.406 e. The topological polar surface area (TPSA) is 125 Å². The van der Waals surface area contributed by atoms with Crippen LogP contribution in [0.3, 0.4) is 0 Å². The number of hydrogen-bond donors (Lipinski definition) is 2. The highest BCUT2D eigenvalue weighted by Crippen LogP contribution is 2.43. The molecule has 256 valence electrons. The number of pyridine rings is 1. The van der Waals surface area contributed by atoms with E-state index in [4.69, 9.17) is 20.2 Å². The lowest BCUT2D eigenvalue weighted by Crippen LogP contribution is -2.59. The number of nitrogens with zero attached hydrogens (tertiary/aromatic N) is 4. The summed E-state index contributed by atoms with van der Waals surface area (Å²) in [5.74, 6) is -0.849. The van der Waals surface area contributed by atoms with E-state index < -0.39 is 42.3 Å². The summed E-state index contributed by atoms with van der Waals surface area (Å²) in [6.07, 6.45) is -1.89. The molecular formula is C34H39F3N6O4S. The number of fused-ring (bicyclic) bond motifs is 6. The molecule has 1 amide bonds. The van der Waals surface area contributed by atoms with E-state index in [0.29, 0.717) is 69.1 Å². The molecule has 1 aromatic carbocycles. The molecule has 14 heteroatoms. The maximum Gasteiger partial charge on any atom is 0.406 e. The summed E-state index contributed by atoms with van der Waals surface area (Å²) >= 11 is 1.36. The number of nitrogens with one attached hydrogen (secondary N) is 1. The normalized spacial score (nSPS) is 21.2. The van der Waals surface area contributed by atoms with Gasteiger partial charge in [0.25, 0.3) is 5.91 Å². The maximum atomic E-state index is 14.3. The number of methoxy groups -OCH3 is 1. The zero-order valence-corrected chi connectivity index (χ0v) is 28.1. The zero-order chi connectivity index (χ0) is 34.4. The van der Waals surface area contributed by atoms with Gasteiger partial charge in [0, 0.05) is 59.1 Å². The lowest BCUT2D eigenvalue weighted by atomic mass is 9.84. The van der Waals surface area contributed by atoms with Gasteiger partial charge in [0.15, 0.2) is 0 Å². The second-order valence-electron chi connectivity index (χ2n) is 13.3. The largest absolute Gasteiger partial charge is 0.464 e. The van der Waals surface area contributed by atoms with E-state index >= 15 is 0 Å². The molecule has 2 aliphatic heterocycles. The molecule has 3 aromatic heterocycles. The van der Waals surface area contributed by atoms with Crippen LogP contribution in [-0.4, -0.2) is 69.9 Å². The Bertz CT molecular complexity index is 1840. The molecule has 2 aliphatic rings. The minimum atomic E-state index is -4.52. The molecule has 0 saturated carbocycles. The number of carbonyl (C=O) groups excluding carboxylic acids is 2. The van der Waals surface area contributed by atoms with Crippen molar-refractivity contribution in [2.75, 3.05) is 20.3 Å². The Hall–Kier alpha value is -3.85. The van der Waals surface area contributed by atoms with Crippen molar-refractivity contribution in [3.8, 4) is 22.5 Å². The van der Waals surface area contributed by atoms with Crippen LogP contribution in [0, 0.1) is 5.41 Å². The number of esters is 1. The lowest BCUT2D eigenvalue weighted by molar-refractivity contribution is -0.155. The summed E-state index contributed by atoms with van der Waals surface area (Å²) in [5.41, 5.74) is 12.4. The summed E-state index contributed by atoms with van der Waals surface area (Å²) in [6.45, 7) is 4.81. The van der Waals surface area contributed by atoms with Crippen molar-refractivity contribution in [3.05, 3.63) is 58.2 Å². The molecule has 3 N–H and O–H groups in total. The molecule has 3 atom stereocenters. The second-order valence-corrected chi connectivity index (χ2v) is 14.2. The van der Waals surface area contributed by atoms with Crippen LogP contribution in [0.1, 0.15) is 56.0 Å². The van der Waals surface area contributed by atoms with Crippen LogP contribution >= 0.6 is 11.3 Å². The van der Waals surface area contributed by atoms with E-state index in [0.717, 1.165) is 0 Å². The monoisotopic (exact) mass is 684 g/mol. The molecule has 6 rings (SSSR count). The SMILES string of the molecule is CO[C@@H](C)c1ncccc1-c1c2c3cc(ccc3n1CC(F)(F)F)-c1csc(n1)C[C@H](N)C(=O)N1CCC[C@H](N1)C(=O)OCC(C)(C)C2. The molecule has 0 spiro atoms. The number of aromatic nitrogens is 3. The van der Waals surface area contributed by atoms with Crippen molar-refractivity contribution in [1.82, 2.24) is 25.0 Å². The number of halogens is 3. The standard InChI is InChI=1S/C34H39F3N6O4S/c1-19(46-4)29-21(7-5-11-39-29)30-23-15-33(2,3)18-47-32(45)25-8-6-12-43(41-25)31(44)24(38)14-28-40-26(16-48-28)20-9-10-27(22(23)13-20)42(30)17-34(35,36)37/h5,7,9-11,13,16,19,24-25,41H,6,8,12,14-15,17-18,38H2,1-4H3/t19-,24-,25-/m0/s1. The first-order valence-electron chi connectivity index (χ1n) is 15.9. The van der Waals surface area contributed by atoms with Gasteiger partial charge >= 0.3 is 12.1 Å². The fraction of sp³-hybridized carbons (Fsp3) is 0.471. The number of carbonyl (C=O) groups is 2. The van der Waals surface area contributed by atoms with E-state index in [1.165, 1.54) is 28.0 Å². The van der Waals surface area contributed by atoms with Crippen LogP contribution in [0.2, 0.25) is 0 Å². The number of benzene rings is 1. The summed E-state index contributed by atoms with van der Waals surface area (Å²) < 4.78 is 55.7. The zero-order valence-electron chi connectivity index (χ0n) is 27.3. The van der Waals surface area contributed by atoms with Crippen molar-refractivity contribution < 1.29 is 32.2 Å². The highest BCUT2D eigenvalue weighted by molar-refractivity contribution is 7.10.